The molecule has 42 heavy (non-hydrogen) atoms. The van der Waals surface area contributed by atoms with Crippen LogP contribution in [0.5, 0.6) is 5.75 Å². The van der Waals surface area contributed by atoms with E-state index in [2.05, 4.69) is 16.7 Å². The number of hydrogen-bond acceptors (Lipinski definition) is 8. The maximum absolute atomic E-state index is 15.2. The molecule has 4 aromatic rings. The summed E-state index contributed by atoms with van der Waals surface area (Å²) in [5.74, 6) is 0.613. The minimum Gasteiger partial charge on any atom is -0.497 e. The molecular formula is C28H28FN6O5S2+. The molecular weight excluding hydrogens is 583 g/mol. The molecule has 0 fully saturated rings. The number of thioether (sulfide) groups is 1. The van der Waals surface area contributed by atoms with Gasteiger partial charge in [-0.2, -0.15) is 22.1 Å². The molecule has 1 aliphatic heterocycles. The molecule has 0 saturated carbocycles. The number of halogens is 1. The number of nitrogens with one attached hydrogen (secondary N) is 1. The molecule has 11 nitrogen and oxygen atoms in total. The zero-order chi connectivity index (χ0) is 30.2. The molecule has 1 aliphatic rings. The Morgan fingerprint density at radius 1 is 1.17 bits per heavy atom. The number of anilines is 1. The van der Waals surface area contributed by atoms with Gasteiger partial charge in [0.25, 0.3) is 10.0 Å². The molecule has 3 aromatic carbocycles. The van der Waals surface area contributed by atoms with Crippen LogP contribution in [0.2, 0.25) is 0 Å². The van der Waals surface area contributed by atoms with Gasteiger partial charge in [-0.25, -0.2) is 0 Å². The number of aryl methyl sites for hydroxylation is 2. The highest BCUT2D eigenvalue weighted by Gasteiger charge is 2.35. The number of benzene rings is 3. The van der Waals surface area contributed by atoms with Gasteiger partial charge in [-0.15, -0.1) is 16.4 Å². The Morgan fingerprint density at radius 2 is 1.90 bits per heavy atom. The third kappa shape index (κ3) is 5.46. The number of aliphatic imine (C=N–C) groups is 1. The predicted octanol–water partition coefficient (Wildman–Crippen LogP) is 4.72. The van der Waals surface area contributed by atoms with Crippen LogP contribution in [0.3, 0.4) is 0 Å². The standard InChI is InChI=1S/C28H28FN6O5S2/c1-5-12-41-25-11-8-18(40-4)13-21(25)27-20-14-22(29)24(35(36)37)15-23(20)34-26(16-30-27)33(3)31-28(34)32-42(38,39)19-9-6-17(2)7-10-19/h6-11,13-15H,5,12,16H2,1-4H3,(H,31,32)/q+1. The van der Waals surface area contributed by atoms with Crippen LogP contribution in [0.15, 0.2) is 69.4 Å². The first kappa shape index (κ1) is 29.2. The Hall–Kier alpha value is -4.30. The molecule has 0 spiro atoms. The number of methoxy groups -OCH3 is 1. The summed E-state index contributed by atoms with van der Waals surface area (Å²) in [6.07, 6.45) is 0.914. The molecule has 0 amide bonds. The smallest absolute Gasteiger partial charge is 0.397 e. The second-order valence-electron chi connectivity index (χ2n) is 9.57. The van der Waals surface area contributed by atoms with Crippen molar-refractivity contribution in [2.45, 2.75) is 36.6 Å². The highest BCUT2D eigenvalue weighted by Crippen LogP contribution is 2.34. The van der Waals surface area contributed by atoms with E-state index in [1.165, 1.54) is 28.5 Å². The molecule has 1 N–H and O–H groups in total. The lowest BCUT2D eigenvalue weighted by Crippen LogP contribution is -2.39. The molecule has 0 atom stereocenters. The summed E-state index contributed by atoms with van der Waals surface area (Å²) in [6, 6.07) is 13.9. The summed E-state index contributed by atoms with van der Waals surface area (Å²) < 4.78 is 52.8. The number of aromatic nitrogens is 3. The Balaban J connectivity index is 1.74. The first-order chi connectivity index (χ1) is 20.0. The summed E-state index contributed by atoms with van der Waals surface area (Å²) in [6.45, 7) is 3.92. The van der Waals surface area contributed by atoms with E-state index in [9.17, 15) is 18.5 Å². The van der Waals surface area contributed by atoms with Crippen molar-refractivity contribution in [3.8, 4) is 11.4 Å². The van der Waals surface area contributed by atoms with E-state index in [-0.39, 0.29) is 28.6 Å². The number of hydrogen-bond donors (Lipinski definition) is 1. The lowest BCUT2D eigenvalue weighted by Gasteiger charge is -2.15. The van der Waals surface area contributed by atoms with Crippen LogP contribution < -0.4 is 14.0 Å². The van der Waals surface area contributed by atoms with Gasteiger partial charge in [0.05, 0.1) is 35.8 Å². The van der Waals surface area contributed by atoms with Gasteiger partial charge in [0.2, 0.25) is 11.6 Å². The fraction of sp³-hybridized carbons (Fsp3) is 0.250. The van der Waals surface area contributed by atoms with E-state index in [1.807, 2.05) is 19.1 Å². The van der Waals surface area contributed by atoms with Gasteiger partial charge in [0, 0.05) is 21.1 Å². The first-order valence-corrected chi connectivity index (χ1v) is 15.4. The summed E-state index contributed by atoms with van der Waals surface area (Å²) in [7, 11) is -0.955. The molecule has 1 aromatic heterocycles. The average molecular weight is 612 g/mol. The Kier molecular flexibility index (Phi) is 8.01. The quantitative estimate of drug-likeness (QED) is 0.125. The van der Waals surface area contributed by atoms with Gasteiger partial charge in [-0.1, -0.05) is 24.6 Å². The van der Waals surface area contributed by atoms with E-state index in [4.69, 9.17) is 9.73 Å². The van der Waals surface area contributed by atoms with Gasteiger partial charge in [0.1, 0.15) is 18.0 Å². The monoisotopic (exact) mass is 611 g/mol. The average Bonchev–Trinajstić information content (AvgIpc) is 3.15. The van der Waals surface area contributed by atoms with Gasteiger partial charge >= 0.3 is 11.6 Å². The molecule has 14 heteroatoms. The van der Waals surface area contributed by atoms with E-state index in [0.29, 0.717) is 22.8 Å². The summed E-state index contributed by atoms with van der Waals surface area (Å²) in [5.41, 5.74) is 1.54. The molecule has 0 saturated heterocycles. The van der Waals surface area contributed by atoms with E-state index >= 15 is 4.39 Å². The zero-order valence-electron chi connectivity index (χ0n) is 23.3. The SMILES string of the molecule is CCCSc1ccc(OC)cc1C1=NCc2n(C)nc(NS(=O)(=O)c3ccc(C)cc3)[n+]2-c2cc([N+](=O)[O-])c(F)cc21. The molecule has 0 bridgehead atoms. The zero-order valence-corrected chi connectivity index (χ0v) is 24.9. The van der Waals surface area contributed by atoms with Gasteiger partial charge < -0.3 is 4.74 Å². The number of ether oxygens (including phenoxy) is 1. The molecule has 2 heterocycles. The summed E-state index contributed by atoms with van der Waals surface area (Å²) in [5, 5.41) is 16.2. The number of sulfonamides is 1. The summed E-state index contributed by atoms with van der Waals surface area (Å²) in [4.78, 5) is 16.7. The normalized spacial score (nSPS) is 12.6. The third-order valence-electron chi connectivity index (χ3n) is 6.69. The van der Waals surface area contributed by atoms with Crippen molar-refractivity contribution in [2.24, 2.45) is 12.0 Å². The predicted molar refractivity (Wildman–Crippen MR) is 157 cm³/mol. The number of nitro groups is 1. The van der Waals surface area contributed by atoms with Crippen molar-refractivity contribution in [3.05, 3.63) is 93.0 Å². The first-order valence-electron chi connectivity index (χ1n) is 13.0. The Bertz CT molecular complexity index is 1840. The van der Waals surface area contributed by atoms with Crippen molar-refractivity contribution in [1.82, 2.24) is 9.78 Å². The molecule has 0 aliphatic carbocycles. The van der Waals surface area contributed by atoms with Crippen molar-refractivity contribution in [3.63, 3.8) is 0 Å². The van der Waals surface area contributed by atoms with Crippen LogP contribution in [-0.4, -0.2) is 41.7 Å². The van der Waals surface area contributed by atoms with E-state index < -0.39 is 26.5 Å². The number of rotatable bonds is 9. The van der Waals surface area contributed by atoms with Gasteiger partial charge in [-0.05, 0) is 55.5 Å². The van der Waals surface area contributed by atoms with Crippen LogP contribution in [-0.2, 0) is 23.6 Å². The maximum Gasteiger partial charge on any atom is 0.397 e. The minimum atomic E-state index is -4.10. The lowest BCUT2D eigenvalue weighted by molar-refractivity contribution is -0.590. The summed E-state index contributed by atoms with van der Waals surface area (Å²) >= 11 is 1.60. The number of nitrogens with zero attached hydrogens (tertiary/aromatic N) is 5. The van der Waals surface area contributed by atoms with Crippen molar-refractivity contribution in [2.75, 3.05) is 17.6 Å². The largest absolute Gasteiger partial charge is 0.497 e. The fourth-order valence-electron chi connectivity index (χ4n) is 4.59. The van der Waals surface area contributed by atoms with Crippen LogP contribution in [0.4, 0.5) is 16.0 Å². The Morgan fingerprint density at radius 3 is 2.57 bits per heavy atom. The highest BCUT2D eigenvalue weighted by molar-refractivity contribution is 7.99. The minimum absolute atomic E-state index is 0.0120. The van der Waals surface area contributed by atoms with Crippen LogP contribution in [0.25, 0.3) is 5.69 Å². The van der Waals surface area contributed by atoms with E-state index in [1.54, 1.807) is 37.0 Å². The number of fused-ring (bicyclic) bond motifs is 3. The Labute approximate surface area is 246 Å². The maximum atomic E-state index is 15.2. The van der Waals surface area contributed by atoms with Crippen molar-refractivity contribution in [1.29, 1.82) is 0 Å². The molecule has 5 rings (SSSR count). The number of nitro benzene ring substituents is 1. The van der Waals surface area contributed by atoms with E-state index in [0.717, 1.165) is 34.8 Å². The fourth-order valence-corrected chi connectivity index (χ4v) is 6.47. The van der Waals surface area contributed by atoms with Gasteiger partial charge in [-0.3, -0.25) is 15.1 Å². The van der Waals surface area contributed by atoms with Crippen LogP contribution >= 0.6 is 11.8 Å². The lowest BCUT2D eigenvalue weighted by atomic mass is 9.99. The van der Waals surface area contributed by atoms with Crippen LogP contribution in [0.1, 0.15) is 35.9 Å². The third-order valence-corrected chi connectivity index (χ3v) is 9.31. The second kappa shape index (κ2) is 11.5. The molecule has 0 radical (unpaired) electrons. The molecule has 218 valence electrons. The van der Waals surface area contributed by atoms with Crippen molar-refractivity contribution < 1.29 is 27.0 Å². The molecule has 0 unspecified atom stereocenters. The highest BCUT2D eigenvalue weighted by atomic mass is 32.2. The topological polar surface area (TPSA) is 133 Å². The van der Waals surface area contributed by atoms with Gasteiger partial charge in [0.15, 0.2) is 0 Å². The second-order valence-corrected chi connectivity index (χ2v) is 12.4. The van der Waals surface area contributed by atoms with Crippen LogP contribution in [0, 0.1) is 22.9 Å². The van der Waals surface area contributed by atoms with Crippen molar-refractivity contribution >= 4 is 39.1 Å².